The van der Waals surface area contributed by atoms with Crippen molar-refractivity contribution < 1.29 is 57.2 Å². The van der Waals surface area contributed by atoms with Gasteiger partial charge in [-0.3, -0.25) is 9.35 Å². The molecule has 0 aliphatic heterocycles. The minimum atomic E-state index is -4.71. The van der Waals surface area contributed by atoms with Crippen molar-refractivity contribution in [3.8, 4) is 11.5 Å². The molecule has 0 aliphatic carbocycles. The van der Waals surface area contributed by atoms with Crippen LogP contribution < -0.4 is 44.7 Å². The summed E-state index contributed by atoms with van der Waals surface area (Å²) in [6.45, 7) is 1.45. The average molecular weight is 582 g/mol. The Hall–Kier alpha value is -2.70. The first-order valence-corrected chi connectivity index (χ1v) is 12.8. The third kappa shape index (κ3) is 5.97. The van der Waals surface area contributed by atoms with Gasteiger partial charge in [-0.25, -0.2) is 0 Å². The van der Waals surface area contributed by atoms with Crippen LogP contribution in [0.2, 0.25) is 10.0 Å². The van der Waals surface area contributed by atoms with Crippen LogP contribution in [0.3, 0.4) is 0 Å². The number of benzene rings is 4. The van der Waals surface area contributed by atoms with E-state index in [1.807, 2.05) is 0 Å². The number of fused-ring (bicyclic) bond motifs is 1. The van der Waals surface area contributed by atoms with Gasteiger partial charge in [0.2, 0.25) is 0 Å². The van der Waals surface area contributed by atoms with Crippen molar-refractivity contribution in [2.24, 2.45) is 10.2 Å². The van der Waals surface area contributed by atoms with E-state index in [1.165, 1.54) is 32.2 Å². The van der Waals surface area contributed by atoms with Crippen molar-refractivity contribution in [2.75, 3.05) is 12.4 Å². The molecule has 2 N–H and O–H groups in total. The Kier molecular flexibility index (Phi) is 9.43. The van der Waals surface area contributed by atoms with Crippen LogP contribution in [0.1, 0.15) is 15.9 Å². The first-order chi connectivity index (χ1) is 17.5. The minimum absolute atomic E-state index is 0. The van der Waals surface area contributed by atoms with Crippen LogP contribution in [0.15, 0.2) is 75.8 Å². The number of hydrogen-bond acceptors (Lipinski definition) is 7. The van der Waals surface area contributed by atoms with E-state index in [0.717, 1.165) is 0 Å². The minimum Gasteiger partial charge on any atom is -0.870 e. The van der Waals surface area contributed by atoms with Gasteiger partial charge in [-0.15, -0.1) is 5.11 Å². The molecule has 0 spiro atoms. The van der Waals surface area contributed by atoms with Crippen LogP contribution in [0, 0.1) is 6.92 Å². The fourth-order valence-electron chi connectivity index (χ4n) is 3.75. The van der Waals surface area contributed by atoms with Gasteiger partial charge in [0.1, 0.15) is 10.6 Å². The number of anilines is 1. The van der Waals surface area contributed by atoms with Gasteiger partial charge < -0.3 is 15.2 Å². The molecule has 190 valence electrons. The molecule has 0 aromatic heterocycles. The number of methoxy groups -OCH3 is 1. The van der Waals surface area contributed by atoms with E-state index in [1.54, 1.807) is 42.5 Å². The van der Waals surface area contributed by atoms with Crippen LogP contribution in [0.5, 0.6) is 11.5 Å². The van der Waals surface area contributed by atoms with E-state index in [4.69, 9.17) is 27.9 Å². The van der Waals surface area contributed by atoms with Gasteiger partial charge in [0.05, 0.1) is 28.5 Å². The molecule has 0 saturated carbocycles. The molecule has 0 unspecified atom stereocenters. The summed E-state index contributed by atoms with van der Waals surface area (Å²) in [4.78, 5) is 12.6. The topological polar surface area (TPSA) is 140 Å². The summed E-state index contributed by atoms with van der Waals surface area (Å²) in [7, 11) is -3.32. The fraction of sp³-hybridized carbons (Fsp3) is 0.0800. The molecule has 0 heterocycles. The van der Waals surface area contributed by atoms with Crippen molar-refractivity contribution in [3.05, 3.63) is 81.8 Å². The molecule has 1 amide bonds. The molecule has 38 heavy (non-hydrogen) atoms. The Bertz CT molecular complexity index is 1700. The van der Waals surface area contributed by atoms with Crippen molar-refractivity contribution in [3.63, 3.8) is 0 Å². The largest absolute Gasteiger partial charge is 1.00 e. The fourth-order valence-corrected chi connectivity index (χ4v) is 5.12. The predicted molar refractivity (Wildman–Crippen MR) is 140 cm³/mol. The molecular weight excluding hydrogens is 564 g/mol. The van der Waals surface area contributed by atoms with Crippen molar-refractivity contribution in [1.82, 2.24) is 0 Å². The molecule has 13 heteroatoms. The first kappa shape index (κ1) is 29.9. The number of rotatable bonds is 6. The summed E-state index contributed by atoms with van der Waals surface area (Å²) < 4.78 is 38.9. The normalized spacial score (nSPS) is 11.4. The summed E-state index contributed by atoms with van der Waals surface area (Å²) >= 11 is 12.3. The molecule has 0 radical (unpaired) electrons. The third-order valence-corrected chi connectivity index (χ3v) is 7.06. The van der Waals surface area contributed by atoms with Gasteiger partial charge >= 0.3 is 29.6 Å². The molecule has 4 aromatic rings. The average Bonchev–Trinajstić information content (AvgIpc) is 2.84. The van der Waals surface area contributed by atoms with Gasteiger partial charge in [-0.1, -0.05) is 65.3 Å². The van der Waals surface area contributed by atoms with Gasteiger partial charge in [0.15, 0.2) is 5.75 Å². The molecule has 0 bridgehead atoms. The summed E-state index contributed by atoms with van der Waals surface area (Å²) in [5.41, 5.74) is -0.386. The monoisotopic (exact) mass is 581 g/mol. The predicted octanol–water partition coefficient (Wildman–Crippen LogP) is 3.46. The molecule has 9 nitrogen and oxygen atoms in total. The van der Waals surface area contributed by atoms with Crippen LogP contribution in [-0.4, -0.2) is 26.0 Å². The van der Waals surface area contributed by atoms with Gasteiger partial charge in [-0.2, -0.15) is 13.5 Å². The first-order valence-electron chi connectivity index (χ1n) is 10.6. The second kappa shape index (κ2) is 12.0. The Morgan fingerprint density at radius 1 is 1.00 bits per heavy atom. The van der Waals surface area contributed by atoms with E-state index in [2.05, 4.69) is 15.5 Å². The number of carbonyl (C=O) groups is 1. The van der Waals surface area contributed by atoms with Crippen molar-refractivity contribution in [2.45, 2.75) is 11.8 Å². The quantitative estimate of drug-likeness (QED) is 0.203. The summed E-state index contributed by atoms with van der Waals surface area (Å²) in [6.07, 6.45) is 0. The molecule has 0 aliphatic rings. The van der Waals surface area contributed by atoms with Crippen LogP contribution in [0.4, 0.5) is 17.1 Å². The zero-order chi connectivity index (χ0) is 26.9. The zero-order valence-corrected chi connectivity index (χ0v) is 24.6. The van der Waals surface area contributed by atoms with Crippen LogP contribution in [0.25, 0.3) is 10.8 Å². The van der Waals surface area contributed by atoms with Crippen LogP contribution in [-0.2, 0) is 10.1 Å². The number of aryl methyl sites for hydroxylation is 1. The van der Waals surface area contributed by atoms with E-state index < -0.39 is 26.7 Å². The molecular formula is C25H18Cl2N3NaO6S. The Balaban J connectivity index is 0.00000400. The Morgan fingerprint density at radius 2 is 1.68 bits per heavy atom. The summed E-state index contributed by atoms with van der Waals surface area (Å²) in [6, 6.07) is 15.6. The second-order valence-electron chi connectivity index (χ2n) is 7.81. The Labute approximate surface area is 250 Å². The number of halogens is 2. The maximum Gasteiger partial charge on any atom is 1.00 e. The number of carbonyl (C=O) groups excluding carboxylic acids is 1. The van der Waals surface area contributed by atoms with Crippen LogP contribution >= 0.6 is 23.2 Å². The molecule has 4 rings (SSSR count). The number of nitrogens with one attached hydrogen (secondary N) is 1. The van der Waals surface area contributed by atoms with E-state index in [-0.39, 0.29) is 73.5 Å². The smallest absolute Gasteiger partial charge is 0.870 e. The number of nitrogens with zero attached hydrogens (tertiary/aromatic N) is 2. The number of para-hydroxylation sites is 1. The number of hydrogen-bond donors (Lipinski definition) is 2. The standard InChI is InChI=1S/C25H19Cl2N3O6S.Na/c1-13-10-11-17(26)21(24(13)37(33,34)35)30-29-20-15-7-4-3-6-14(15)12-16(22(20)31)25(32)28-19-9-5-8-18(27)23(19)36-2;/h3-12,31H,1-2H3,(H,28,32)(H,33,34,35);/q;+1/p-1. The zero-order valence-electron chi connectivity index (χ0n) is 20.3. The van der Waals surface area contributed by atoms with E-state index in [9.17, 15) is 22.9 Å². The molecule has 0 fully saturated rings. The SMILES string of the molecule is COc1c(Cl)cccc1NC(=O)c1cc2ccccc2c(N=Nc2c(Cl)ccc(C)c2S(=O)(=O)O)c1[O-].[Na+]. The van der Waals surface area contributed by atoms with E-state index in [0.29, 0.717) is 10.8 Å². The number of ether oxygens (including phenoxy) is 1. The van der Waals surface area contributed by atoms with Gasteiger partial charge in [-0.05, 0) is 42.1 Å². The van der Waals surface area contributed by atoms with Crippen molar-refractivity contribution in [1.29, 1.82) is 0 Å². The maximum atomic E-state index is 13.4. The maximum absolute atomic E-state index is 13.4. The van der Waals surface area contributed by atoms with E-state index >= 15 is 0 Å². The number of azo groups is 1. The van der Waals surface area contributed by atoms with Gasteiger partial charge in [0.25, 0.3) is 16.0 Å². The Morgan fingerprint density at radius 3 is 2.37 bits per heavy atom. The second-order valence-corrected chi connectivity index (χ2v) is 9.99. The summed E-state index contributed by atoms with van der Waals surface area (Å²) in [5, 5.41) is 25.0. The molecule has 0 saturated heterocycles. The number of amides is 1. The molecule has 0 atom stereocenters. The third-order valence-electron chi connectivity index (χ3n) is 5.43. The summed E-state index contributed by atoms with van der Waals surface area (Å²) in [5.74, 6) is -1.30. The van der Waals surface area contributed by atoms with Crippen molar-refractivity contribution >= 4 is 67.1 Å². The van der Waals surface area contributed by atoms with Gasteiger partial charge in [0, 0.05) is 10.9 Å². The molecule has 4 aromatic carbocycles.